The Morgan fingerprint density at radius 1 is 1.14 bits per heavy atom. The molecule has 2 saturated heterocycles. The Bertz CT molecular complexity index is 898. The molecule has 5 nitrogen and oxygen atoms in total. The minimum absolute atomic E-state index is 0.0549. The molecule has 1 aromatic carbocycles. The van der Waals surface area contributed by atoms with Crippen molar-refractivity contribution in [2.45, 2.75) is 57.5 Å². The zero-order valence-electron chi connectivity index (χ0n) is 17.3. The van der Waals surface area contributed by atoms with Gasteiger partial charge in [-0.1, -0.05) is 30.3 Å². The van der Waals surface area contributed by atoms with E-state index in [4.69, 9.17) is 0 Å². The Hall–Kier alpha value is -2.69. The fourth-order valence-corrected chi connectivity index (χ4v) is 5.12. The lowest BCUT2D eigenvalue weighted by molar-refractivity contribution is -0.140. The standard InChI is InChI=1S/C24H29N3O2/c1-18(28)26-14-7-12-24(2)22(26)10-6-15-27(24)23(29)20-11-13-25-21(17-20)16-19-8-4-3-5-9-19/h3-5,8-9,11,13,17,22H,6-7,10,12,14-16H2,1-2H3/t22-,24-/m0/s1. The minimum Gasteiger partial charge on any atom is -0.338 e. The smallest absolute Gasteiger partial charge is 0.254 e. The van der Waals surface area contributed by atoms with Gasteiger partial charge >= 0.3 is 0 Å². The summed E-state index contributed by atoms with van der Waals surface area (Å²) in [5.74, 6) is 0.170. The average Bonchev–Trinajstić information content (AvgIpc) is 2.73. The van der Waals surface area contributed by atoms with E-state index in [2.05, 4.69) is 24.0 Å². The van der Waals surface area contributed by atoms with Crippen molar-refractivity contribution in [3.8, 4) is 0 Å². The third-order valence-electron chi connectivity index (χ3n) is 6.59. The van der Waals surface area contributed by atoms with Crippen LogP contribution in [0.1, 0.15) is 61.1 Å². The molecule has 0 spiro atoms. The number of aromatic nitrogens is 1. The molecule has 2 fully saturated rings. The molecule has 0 aliphatic carbocycles. The van der Waals surface area contributed by atoms with E-state index in [0.29, 0.717) is 12.0 Å². The van der Waals surface area contributed by atoms with Crippen LogP contribution in [0.3, 0.4) is 0 Å². The van der Waals surface area contributed by atoms with Crippen LogP contribution in [-0.4, -0.2) is 51.3 Å². The van der Waals surface area contributed by atoms with E-state index in [1.807, 2.05) is 40.1 Å². The van der Waals surface area contributed by atoms with Crippen LogP contribution < -0.4 is 0 Å². The van der Waals surface area contributed by atoms with Gasteiger partial charge in [-0.2, -0.15) is 0 Å². The van der Waals surface area contributed by atoms with Crippen molar-refractivity contribution in [3.05, 3.63) is 65.5 Å². The van der Waals surface area contributed by atoms with Crippen LogP contribution in [0.2, 0.25) is 0 Å². The maximum absolute atomic E-state index is 13.5. The van der Waals surface area contributed by atoms with Gasteiger partial charge in [0.25, 0.3) is 5.91 Å². The van der Waals surface area contributed by atoms with E-state index in [1.165, 1.54) is 5.56 Å². The molecule has 2 atom stereocenters. The Morgan fingerprint density at radius 2 is 1.93 bits per heavy atom. The molecule has 29 heavy (non-hydrogen) atoms. The highest BCUT2D eigenvalue weighted by Gasteiger charge is 2.49. The molecule has 2 aromatic rings. The van der Waals surface area contributed by atoms with Gasteiger partial charge < -0.3 is 9.80 Å². The maximum Gasteiger partial charge on any atom is 0.254 e. The summed E-state index contributed by atoms with van der Waals surface area (Å²) >= 11 is 0. The Kier molecular flexibility index (Phi) is 5.39. The Balaban J connectivity index is 1.59. The number of piperidine rings is 2. The molecular weight excluding hydrogens is 362 g/mol. The molecule has 2 aliphatic rings. The first kappa shape index (κ1) is 19.6. The number of nitrogens with zero attached hydrogens (tertiary/aromatic N) is 3. The molecule has 0 bridgehead atoms. The molecule has 0 unspecified atom stereocenters. The van der Waals surface area contributed by atoms with E-state index in [1.54, 1.807) is 13.1 Å². The second-order valence-electron chi connectivity index (χ2n) is 8.49. The predicted molar refractivity (Wildman–Crippen MR) is 113 cm³/mol. The summed E-state index contributed by atoms with van der Waals surface area (Å²) in [5, 5.41) is 0. The van der Waals surface area contributed by atoms with Crippen molar-refractivity contribution >= 4 is 11.8 Å². The quantitative estimate of drug-likeness (QED) is 0.802. The topological polar surface area (TPSA) is 53.5 Å². The van der Waals surface area contributed by atoms with Gasteiger partial charge in [0.1, 0.15) is 0 Å². The number of fused-ring (bicyclic) bond motifs is 1. The maximum atomic E-state index is 13.5. The normalized spacial score (nSPS) is 24.1. The molecular formula is C24H29N3O2. The molecule has 0 N–H and O–H groups in total. The number of likely N-dealkylation sites (tertiary alicyclic amines) is 2. The summed E-state index contributed by atoms with van der Waals surface area (Å²) in [6, 6.07) is 14.0. The zero-order valence-corrected chi connectivity index (χ0v) is 17.3. The summed E-state index contributed by atoms with van der Waals surface area (Å²) in [7, 11) is 0. The first-order valence-electron chi connectivity index (χ1n) is 10.6. The van der Waals surface area contributed by atoms with Gasteiger partial charge in [0.15, 0.2) is 0 Å². The average molecular weight is 392 g/mol. The largest absolute Gasteiger partial charge is 0.338 e. The first-order valence-corrected chi connectivity index (χ1v) is 10.6. The summed E-state index contributed by atoms with van der Waals surface area (Å²) in [6.07, 6.45) is 6.21. The lowest BCUT2D eigenvalue weighted by atomic mass is 9.75. The highest BCUT2D eigenvalue weighted by Crippen LogP contribution is 2.39. The summed E-state index contributed by atoms with van der Waals surface area (Å²) in [4.78, 5) is 34.2. The molecule has 5 heteroatoms. The first-order chi connectivity index (χ1) is 14.0. The van der Waals surface area contributed by atoms with Crippen LogP contribution in [0.15, 0.2) is 48.7 Å². The molecule has 2 amide bonds. The van der Waals surface area contributed by atoms with Crippen LogP contribution in [0.25, 0.3) is 0 Å². The minimum atomic E-state index is -0.303. The van der Waals surface area contributed by atoms with Gasteiger partial charge in [-0.3, -0.25) is 14.6 Å². The molecule has 2 aliphatic heterocycles. The van der Waals surface area contributed by atoms with E-state index in [9.17, 15) is 9.59 Å². The third-order valence-corrected chi connectivity index (χ3v) is 6.59. The second-order valence-corrected chi connectivity index (χ2v) is 8.49. The van der Waals surface area contributed by atoms with Crippen LogP contribution in [-0.2, 0) is 11.2 Å². The van der Waals surface area contributed by atoms with Gasteiger partial charge in [-0.05, 0) is 50.3 Å². The fraction of sp³-hybridized carbons (Fsp3) is 0.458. The number of rotatable bonds is 3. The Morgan fingerprint density at radius 3 is 2.69 bits per heavy atom. The molecule has 3 heterocycles. The number of amides is 2. The summed E-state index contributed by atoms with van der Waals surface area (Å²) < 4.78 is 0. The molecule has 152 valence electrons. The van der Waals surface area contributed by atoms with E-state index < -0.39 is 0 Å². The highest BCUT2D eigenvalue weighted by molar-refractivity contribution is 5.95. The summed E-state index contributed by atoms with van der Waals surface area (Å²) in [6.45, 7) is 5.35. The van der Waals surface area contributed by atoms with Crippen molar-refractivity contribution < 1.29 is 9.59 Å². The monoisotopic (exact) mass is 391 g/mol. The SMILES string of the molecule is CC(=O)N1CCC[C@@]2(C)[C@@H]1CCCN2C(=O)c1ccnc(Cc2ccccc2)c1. The lowest BCUT2D eigenvalue weighted by Crippen LogP contribution is -2.68. The van der Waals surface area contributed by atoms with E-state index >= 15 is 0 Å². The fourth-order valence-electron chi connectivity index (χ4n) is 5.12. The predicted octanol–water partition coefficient (Wildman–Crippen LogP) is 3.68. The van der Waals surface area contributed by atoms with Crippen molar-refractivity contribution in [1.82, 2.24) is 14.8 Å². The second kappa shape index (κ2) is 7.97. The molecule has 0 saturated carbocycles. The number of hydrogen-bond donors (Lipinski definition) is 0. The molecule has 1 aromatic heterocycles. The van der Waals surface area contributed by atoms with Gasteiger partial charge in [-0.15, -0.1) is 0 Å². The summed E-state index contributed by atoms with van der Waals surface area (Å²) in [5.41, 5.74) is 2.46. The number of carbonyl (C=O) groups is 2. The van der Waals surface area contributed by atoms with Crippen molar-refractivity contribution in [1.29, 1.82) is 0 Å². The van der Waals surface area contributed by atoms with Gasteiger partial charge in [0, 0.05) is 43.9 Å². The van der Waals surface area contributed by atoms with Gasteiger partial charge in [-0.25, -0.2) is 0 Å². The molecule has 4 rings (SSSR count). The van der Waals surface area contributed by atoms with Gasteiger partial charge in [0.05, 0.1) is 11.6 Å². The zero-order chi connectivity index (χ0) is 20.4. The Labute approximate surface area is 172 Å². The number of carbonyl (C=O) groups excluding carboxylic acids is 2. The number of pyridine rings is 1. The van der Waals surface area contributed by atoms with Crippen LogP contribution in [0.4, 0.5) is 0 Å². The third kappa shape index (κ3) is 3.78. The molecule has 0 radical (unpaired) electrons. The van der Waals surface area contributed by atoms with Gasteiger partial charge in [0.2, 0.25) is 5.91 Å². The van der Waals surface area contributed by atoms with Crippen molar-refractivity contribution in [2.24, 2.45) is 0 Å². The number of benzene rings is 1. The van der Waals surface area contributed by atoms with E-state index in [0.717, 1.165) is 44.5 Å². The number of hydrogen-bond acceptors (Lipinski definition) is 3. The van der Waals surface area contributed by atoms with Crippen molar-refractivity contribution in [2.75, 3.05) is 13.1 Å². The van der Waals surface area contributed by atoms with Crippen LogP contribution in [0, 0.1) is 0 Å². The van der Waals surface area contributed by atoms with Crippen molar-refractivity contribution in [3.63, 3.8) is 0 Å². The van der Waals surface area contributed by atoms with E-state index in [-0.39, 0.29) is 23.4 Å². The van der Waals surface area contributed by atoms with Crippen LogP contribution in [0.5, 0.6) is 0 Å². The lowest BCUT2D eigenvalue weighted by Gasteiger charge is -2.56. The van der Waals surface area contributed by atoms with Crippen LogP contribution >= 0.6 is 0 Å². The highest BCUT2D eigenvalue weighted by atomic mass is 16.2.